The second-order valence-corrected chi connectivity index (χ2v) is 4.23. The minimum Gasteiger partial charge on any atom is -0.340 e. The van der Waals surface area contributed by atoms with E-state index in [1.54, 1.807) is 12.1 Å². The fraction of sp³-hybridized carbons (Fsp3) is 0.231. The van der Waals surface area contributed by atoms with Gasteiger partial charge >= 0.3 is 0 Å². The van der Waals surface area contributed by atoms with Gasteiger partial charge in [0, 0.05) is 11.3 Å². The van der Waals surface area contributed by atoms with Crippen molar-refractivity contribution in [3.63, 3.8) is 0 Å². The monoisotopic (exact) mass is 265 g/mol. The van der Waals surface area contributed by atoms with Crippen LogP contribution in [0.3, 0.4) is 0 Å². The van der Waals surface area contributed by atoms with E-state index in [0.717, 1.165) is 18.4 Å². The predicted molar refractivity (Wildman–Crippen MR) is 70.7 cm³/mol. The standard InChI is InChI=1S/C13H13ClFN3/c1-2-4-11-12(14)16-8-17-13(11)18-10-6-3-5-9(15)7-10/h3,5-8H,2,4H2,1H3,(H,16,17,18). The van der Waals surface area contributed by atoms with Gasteiger partial charge in [-0.3, -0.25) is 0 Å². The summed E-state index contributed by atoms with van der Waals surface area (Å²) in [6, 6.07) is 6.21. The van der Waals surface area contributed by atoms with E-state index in [9.17, 15) is 4.39 Å². The van der Waals surface area contributed by atoms with Crippen LogP contribution in [0.5, 0.6) is 0 Å². The number of hydrogen-bond donors (Lipinski definition) is 1. The zero-order valence-corrected chi connectivity index (χ0v) is 10.7. The number of rotatable bonds is 4. The first kappa shape index (κ1) is 12.8. The molecule has 0 aliphatic carbocycles. The van der Waals surface area contributed by atoms with E-state index in [1.165, 1.54) is 18.5 Å². The van der Waals surface area contributed by atoms with Crippen LogP contribution < -0.4 is 5.32 Å². The molecule has 2 rings (SSSR count). The summed E-state index contributed by atoms with van der Waals surface area (Å²) >= 11 is 6.04. The lowest BCUT2D eigenvalue weighted by Gasteiger charge is -2.11. The van der Waals surface area contributed by atoms with Crippen molar-refractivity contribution in [2.24, 2.45) is 0 Å². The van der Waals surface area contributed by atoms with E-state index in [1.807, 2.05) is 0 Å². The number of halogens is 2. The predicted octanol–water partition coefficient (Wildman–Crippen LogP) is 3.97. The maximum absolute atomic E-state index is 13.1. The topological polar surface area (TPSA) is 37.8 Å². The van der Waals surface area contributed by atoms with Gasteiger partial charge in [-0.15, -0.1) is 0 Å². The molecule has 0 bridgehead atoms. The van der Waals surface area contributed by atoms with E-state index < -0.39 is 0 Å². The molecule has 0 spiro atoms. The Morgan fingerprint density at radius 2 is 2.17 bits per heavy atom. The third-order valence-electron chi connectivity index (χ3n) is 2.48. The third-order valence-corrected chi connectivity index (χ3v) is 2.81. The molecule has 2 aromatic rings. The van der Waals surface area contributed by atoms with Gasteiger partial charge in [-0.25, -0.2) is 14.4 Å². The quantitative estimate of drug-likeness (QED) is 0.850. The molecule has 0 radical (unpaired) electrons. The molecule has 1 aromatic heterocycles. The fourth-order valence-electron chi connectivity index (χ4n) is 1.67. The molecular weight excluding hydrogens is 253 g/mol. The molecular formula is C13H13ClFN3. The van der Waals surface area contributed by atoms with E-state index in [-0.39, 0.29) is 5.82 Å². The Hall–Kier alpha value is -1.68. The molecule has 0 fully saturated rings. The smallest absolute Gasteiger partial charge is 0.138 e. The Bertz CT molecular complexity index is 546. The molecule has 0 saturated heterocycles. The van der Waals surface area contributed by atoms with Gasteiger partial charge < -0.3 is 5.32 Å². The summed E-state index contributed by atoms with van der Waals surface area (Å²) in [6.45, 7) is 2.05. The molecule has 0 amide bonds. The average Bonchev–Trinajstić information content (AvgIpc) is 2.34. The molecule has 1 heterocycles. The number of aromatic nitrogens is 2. The SMILES string of the molecule is CCCc1c(Cl)ncnc1Nc1cccc(F)c1. The fourth-order valence-corrected chi connectivity index (χ4v) is 1.90. The molecule has 1 N–H and O–H groups in total. The van der Waals surface area contributed by atoms with Crippen LogP contribution in [0, 0.1) is 5.82 Å². The van der Waals surface area contributed by atoms with Crippen LogP contribution in [0.2, 0.25) is 5.15 Å². The van der Waals surface area contributed by atoms with Crippen LogP contribution >= 0.6 is 11.6 Å². The van der Waals surface area contributed by atoms with Crippen molar-refractivity contribution in [2.75, 3.05) is 5.32 Å². The second-order valence-electron chi connectivity index (χ2n) is 3.88. The minimum atomic E-state index is -0.294. The molecule has 0 unspecified atom stereocenters. The van der Waals surface area contributed by atoms with Crippen LogP contribution in [0.15, 0.2) is 30.6 Å². The molecule has 0 aliphatic heterocycles. The Morgan fingerprint density at radius 1 is 1.33 bits per heavy atom. The Morgan fingerprint density at radius 3 is 2.89 bits per heavy atom. The summed E-state index contributed by atoms with van der Waals surface area (Å²) in [6.07, 6.45) is 3.10. The van der Waals surface area contributed by atoms with Crippen molar-refractivity contribution in [1.82, 2.24) is 9.97 Å². The van der Waals surface area contributed by atoms with Crippen LogP contribution in [-0.2, 0) is 6.42 Å². The zero-order valence-electron chi connectivity index (χ0n) is 9.95. The highest BCUT2D eigenvalue weighted by molar-refractivity contribution is 6.30. The molecule has 0 aliphatic rings. The van der Waals surface area contributed by atoms with Gasteiger partial charge in [0.15, 0.2) is 0 Å². The molecule has 3 nitrogen and oxygen atoms in total. The molecule has 5 heteroatoms. The largest absolute Gasteiger partial charge is 0.340 e. The van der Waals surface area contributed by atoms with Crippen molar-refractivity contribution in [3.05, 3.63) is 47.1 Å². The average molecular weight is 266 g/mol. The van der Waals surface area contributed by atoms with Gasteiger partial charge in [-0.1, -0.05) is 31.0 Å². The summed E-state index contributed by atoms with van der Waals surface area (Å²) in [4.78, 5) is 8.11. The van der Waals surface area contributed by atoms with E-state index in [2.05, 4.69) is 22.2 Å². The van der Waals surface area contributed by atoms with Gasteiger partial charge in [0.25, 0.3) is 0 Å². The third kappa shape index (κ3) is 2.96. The molecule has 0 atom stereocenters. The lowest BCUT2D eigenvalue weighted by molar-refractivity contribution is 0.628. The summed E-state index contributed by atoms with van der Waals surface area (Å²) in [5.41, 5.74) is 1.49. The molecule has 94 valence electrons. The van der Waals surface area contributed by atoms with Gasteiger partial charge in [0.1, 0.15) is 23.1 Å². The van der Waals surface area contributed by atoms with Gasteiger partial charge in [-0.05, 0) is 24.6 Å². The molecule has 18 heavy (non-hydrogen) atoms. The molecule has 1 aromatic carbocycles. The van der Waals surface area contributed by atoms with Crippen molar-refractivity contribution >= 4 is 23.1 Å². The van der Waals surface area contributed by atoms with Gasteiger partial charge in [-0.2, -0.15) is 0 Å². The normalized spacial score (nSPS) is 10.4. The van der Waals surface area contributed by atoms with Gasteiger partial charge in [0.05, 0.1) is 0 Å². The van der Waals surface area contributed by atoms with E-state index in [0.29, 0.717) is 16.7 Å². The highest BCUT2D eigenvalue weighted by atomic mass is 35.5. The number of nitrogens with one attached hydrogen (secondary N) is 1. The van der Waals surface area contributed by atoms with Crippen LogP contribution in [0.25, 0.3) is 0 Å². The first-order valence-corrected chi connectivity index (χ1v) is 6.10. The number of nitrogens with zero attached hydrogens (tertiary/aromatic N) is 2. The summed E-state index contributed by atoms with van der Waals surface area (Å²) in [5.74, 6) is 0.333. The maximum Gasteiger partial charge on any atom is 0.138 e. The first-order valence-electron chi connectivity index (χ1n) is 5.72. The number of hydrogen-bond acceptors (Lipinski definition) is 3. The van der Waals surface area contributed by atoms with Crippen LogP contribution in [0.4, 0.5) is 15.9 Å². The minimum absolute atomic E-state index is 0.294. The van der Waals surface area contributed by atoms with Crippen molar-refractivity contribution < 1.29 is 4.39 Å². The Balaban J connectivity index is 2.31. The summed E-state index contributed by atoms with van der Waals surface area (Å²) in [5, 5.41) is 3.50. The van der Waals surface area contributed by atoms with Crippen molar-refractivity contribution in [1.29, 1.82) is 0 Å². The first-order chi connectivity index (χ1) is 8.70. The zero-order chi connectivity index (χ0) is 13.0. The summed E-state index contributed by atoms with van der Waals surface area (Å²) in [7, 11) is 0. The highest BCUT2D eigenvalue weighted by Crippen LogP contribution is 2.24. The van der Waals surface area contributed by atoms with Crippen molar-refractivity contribution in [2.45, 2.75) is 19.8 Å². The van der Waals surface area contributed by atoms with Crippen molar-refractivity contribution in [3.8, 4) is 0 Å². The summed E-state index contributed by atoms with van der Waals surface area (Å²) < 4.78 is 13.1. The molecule has 0 saturated carbocycles. The van der Waals surface area contributed by atoms with Gasteiger partial charge in [0.2, 0.25) is 0 Å². The maximum atomic E-state index is 13.1. The Kier molecular flexibility index (Phi) is 4.10. The van der Waals surface area contributed by atoms with E-state index >= 15 is 0 Å². The lowest BCUT2D eigenvalue weighted by atomic mass is 10.2. The highest BCUT2D eigenvalue weighted by Gasteiger charge is 2.09. The van der Waals surface area contributed by atoms with Crippen LogP contribution in [0.1, 0.15) is 18.9 Å². The lowest BCUT2D eigenvalue weighted by Crippen LogP contribution is -2.01. The number of benzene rings is 1. The second kappa shape index (κ2) is 5.78. The number of anilines is 2. The van der Waals surface area contributed by atoms with E-state index in [4.69, 9.17) is 11.6 Å². The van der Waals surface area contributed by atoms with Crippen LogP contribution in [-0.4, -0.2) is 9.97 Å². The Labute approximate surface area is 110 Å².